The van der Waals surface area contributed by atoms with E-state index in [1.807, 2.05) is 4.90 Å². The molecule has 2 aliphatic rings. The number of rotatable bonds is 4. The highest BCUT2D eigenvalue weighted by Crippen LogP contribution is 2.29. The first-order valence-corrected chi connectivity index (χ1v) is 8.37. The van der Waals surface area contributed by atoms with Gasteiger partial charge in [-0.15, -0.1) is 12.4 Å². The quantitative estimate of drug-likeness (QED) is 0.876. The molecule has 0 unspecified atom stereocenters. The number of hydrogen-bond donors (Lipinski definition) is 1. The molecule has 1 aromatic carbocycles. The van der Waals surface area contributed by atoms with Crippen LogP contribution < -0.4 is 5.32 Å². The molecule has 22 heavy (non-hydrogen) atoms. The van der Waals surface area contributed by atoms with Gasteiger partial charge in [-0.2, -0.15) is 0 Å². The second-order valence-electron chi connectivity index (χ2n) is 6.02. The van der Waals surface area contributed by atoms with E-state index < -0.39 is 0 Å². The van der Waals surface area contributed by atoms with Crippen molar-refractivity contribution in [3.8, 4) is 0 Å². The van der Waals surface area contributed by atoms with Gasteiger partial charge in [0, 0.05) is 19.1 Å². The second-order valence-corrected chi connectivity index (χ2v) is 6.80. The Kier molecular flexibility index (Phi) is 6.39. The zero-order valence-corrected chi connectivity index (χ0v) is 14.7. The highest BCUT2D eigenvalue weighted by molar-refractivity contribution is 6.43. The first-order chi connectivity index (χ1) is 10.1. The molecule has 1 heterocycles. The molecule has 0 bridgehead atoms. The minimum Gasteiger partial charge on any atom is -0.338 e. The molecule has 1 amide bonds. The van der Waals surface area contributed by atoms with Gasteiger partial charge in [0.15, 0.2) is 0 Å². The van der Waals surface area contributed by atoms with Crippen molar-refractivity contribution in [2.45, 2.75) is 31.7 Å². The first kappa shape index (κ1) is 17.9. The SMILES string of the molecule is Cl.O=C(c1cccc(Cl)c1Cl)N1CCC(NCC2CC2)CC1. The molecular weight excluding hydrogens is 343 g/mol. The van der Waals surface area contributed by atoms with Gasteiger partial charge in [0.2, 0.25) is 0 Å². The van der Waals surface area contributed by atoms with E-state index in [1.54, 1.807) is 18.2 Å². The van der Waals surface area contributed by atoms with Crippen LogP contribution in [0.25, 0.3) is 0 Å². The molecule has 1 aliphatic heterocycles. The molecule has 3 rings (SSSR count). The lowest BCUT2D eigenvalue weighted by Gasteiger charge is -2.32. The van der Waals surface area contributed by atoms with Crippen molar-refractivity contribution < 1.29 is 4.79 Å². The van der Waals surface area contributed by atoms with Crippen LogP contribution in [0.1, 0.15) is 36.0 Å². The van der Waals surface area contributed by atoms with Crippen molar-refractivity contribution >= 4 is 41.5 Å². The van der Waals surface area contributed by atoms with Gasteiger partial charge in [-0.25, -0.2) is 0 Å². The van der Waals surface area contributed by atoms with Crippen LogP contribution in [0, 0.1) is 5.92 Å². The summed E-state index contributed by atoms with van der Waals surface area (Å²) in [5.74, 6) is 0.887. The van der Waals surface area contributed by atoms with Crippen LogP contribution in [0.15, 0.2) is 18.2 Å². The number of piperidine rings is 1. The van der Waals surface area contributed by atoms with E-state index in [0.717, 1.165) is 38.4 Å². The number of halogens is 3. The molecule has 0 aromatic heterocycles. The van der Waals surface area contributed by atoms with E-state index in [4.69, 9.17) is 23.2 Å². The van der Waals surface area contributed by atoms with Gasteiger partial charge in [0.05, 0.1) is 15.6 Å². The average molecular weight is 364 g/mol. The Bertz CT molecular complexity index is 526. The number of hydrogen-bond acceptors (Lipinski definition) is 2. The predicted octanol–water partition coefficient (Wildman–Crippen LogP) is 4.02. The number of carbonyl (C=O) groups is 1. The monoisotopic (exact) mass is 362 g/mol. The molecule has 0 radical (unpaired) electrons. The third-order valence-electron chi connectivity index (χ3n) is 4.36. The lowest BCUT2D eigenvalue weighted by Crippen LogP contribution is -2.45. The Morgan fingerprint density at radius 3 is 2.50 bits per heavy atom. The van der Waals surface area contributed by atoms with Crippen molar-refractivity contribution in [1.29, 1.82) is 0 Å². The van der Waals surface area contributed by atoms with Crippen molar-refractivity contribution in [2.24, 2.45) is 5.92 Å². The lowest BCUT2D eigenvalue weighted by atomic mass is 10.0. The minimum atomic E-state index is -0.0110. The number of benzene rings is 1. The van der Waals surface area contributed by atoms with Crippen molar-refractivity contribution in [2.75, 3.05) is 19.6 Å². The Morgan fingerprint density at radius 2 is 1.86 bits per heavy atom. The molecule has 1 N–H and O–H groups in total. The summed E-state index contributed by atoms with van der Waals surface area (Å²) in [5.41, 5.74) is 0.508. The number of nitrogens with one attached hydrogen (secondary N) is 1. The molecular formula is C16H21Cl3N2O. The van der Waals surface area contributed by atoms with Gasteiger partial charge < -0.3 is 10.2 Å². The number of nitrogens with zero attached hydrogens (tertiary/aromatic N) is 1. The first-order valence-electron chi connectivity index (χ1n) is 7.62. The molecule has 1 aliphatic carbocycles. The normalized spacial score (nSPS) is 18.9. The largest absolute Gasteiger partial charge is 0.338 e. The van der Waals surface area contributed by atoms with E-state index in [9.17, 15) is 4.79 Å². The predicted molar refractivity (Wildman–Crippen MR) is 93.4 cm³/mol. The van der Waals surface area contributed by atoms with Crippen molar-refractivity contribution in [1.82, 2.24) is 10.2 Å². The summed E-state index contributed by atoms with van der Waals surface area (Å²) in [5, 5.41) is 4.41. The van der Waals surface area contributed by atoms with Gasteiger partial charge in [-0.3, -0.25) is 4.79 Å². The molecule has 1 aromatic rings. The van der Waals surface area contributed by atoms with E-state index >= 15 is 0 Å². The summed E-state index contributed by atoms with van der Waals surface area (Å²) in [7, 11) is 0. The van der Waals surface area contributed by atoms with E-state index in [2.05, 4.69) is 5.32 Å². The number of carbonyl (C=O) groups excluding carboxylic acids is 1. The van der Waals surface area contributed by atoms with Crippen LogP contribution in [0.4, 0.5) is 0 Å². The molecule has 6 heteroatoms. The third kappa shape index (κ3) is 4.29. The molecule has 0 spiro atoms. The van der Waals surface area contributed by atoms with E-state index in [-0.39, 0.29) is 18.3 Å². The summed E-state index contributed by atoms with van der Waals surface area (Å²) in [6, 6.07) is 5.76. The highest BCUT2D eigenvalue weighted by Gasteiger charge is 2.27. The summed E-state index contributed by atoms with van der Waals surface area (Å²) in [6.07, 6.45) is 4.77. The zero-order valence-electron chi connectivity index (χ0n) is 12.4. The highest BCUT2D eigenvalue weighted by atomic mass is 35.5. The fraction of sp³-hybridized carbons (Fsp3) is 0.562. The fourth-order valence-corrected chi connectivity index (χ4v) is 3.16. The van der Waals surface area contributed by atoms with Crippen LogP contribution >= 0.6 is 35.6 Å². The summed E-state index contributed by atoms with van der Waals surface area (Å²) >= 11 is 12.1. The Morgan fingerprint density at radius 1 is 1.18 bits per heavy atom. The standard InChI is InChI=1S/C16H20Cl2N2O.ClH/c17-14-3-1-2-13(15(14)18)16(21)20-8-6-12(7-9-20)19-10-11-4-5-11;/h1-3,11-12,19H,4-10H2;1H. The summed E-state index contributed by atoms with van der Waals surface area (Å²) in [4.78, 5) is 14.4. The van der Waals surface area contributed by atoms with Gasteiger partial charge >= 0.3 is 0 Å². The van der Waals surface area contributed by atoms with E-state index in [0.29, 0.717) is 21.7 Å². The number of likely N-dealkylation sites (tertiary alicyclic amines) is 1. The maximum absolute atomic E-state index is 12.5. The van der Waals surface area contributed by atoms with Crippen LogP contribution in [-0.4, -0.2) is 36.5 Å². The van der Waals surface area contributed by atoms with Gasteiger partial charge in [0.1, 0.15) is 0 Å². The van der Waals surface area contributed by atoms with Gasteiger partial charge in [-0.1, -0.05) is 29.3 Å². The van der Waals surface area contributed by atoms with Gasteiger partial charge in [-0.05, 0) is 50.3 Å². The molecule has 3 nitrogen and oxygen atoms in total. The Balaban J connectivity index is 0.00000176. The van der Waals surface area contributed by atoms with Gasteiger partial charge in [0.25, 0.3) is 5.91 Å². The van der Waals surface area contributed by atoms with Crippen LogP contribution in [0.5, 0.6) is 0 Å². The number of amides is 1. The van der Waals surface area contributed by atoms with Crippen LogP contribution in [0.3, 0.4) is 0 Å². The van der Waals surface area contributed by atoms with Crippen molar-refractivity contribution in [3.05, 3.63) is 33.8 Å². The minimum absolute atomic E-state index is 0. The third-order valence-corrected chi connectivity index (χ3v) is 5.18. The second kappa shape index (κ2) is 7.87. The molecule has 0 atom stereocenters. The Hall–Kier alpha value is -0.480. The maximum atomic E-state index is 12.5. The molecule has 122 valence electrons. The molecule has 1 saturated heterocycles. The smallest absolute Gasteiger partial charge is 0.255 e. The fourth-order valence-electron chi connectivity index (χ4n) is 2.78. The molecule has 2 fully saturated rings. The maximum Gasteiger partial charge on any atom is 0.255 e. The summed E-state index contributed by atoms with van der Waals surface area (Å²) < 4.78 is 0. The zero-order chi connectivity index (χ0) is 14.8. The van der Waals surface area contributed by atoms with Crippen molar-refractivity contribution in [3.63, 3.8) is 0 Å². The summed E-state index contributed by atoms with van der Waals surface area (Å²) in [6.45, 7) is 2.70. The van der Waals surface area contributed by atoms with Crippen LogP contribution in [-0.2, 0) is 0 Å². The topological polar surface area (TPSA) is 32.3 Å². The lowest BCUT2D eigenvalue weighted by molar-refractivity contribution is 0.0705. The molecule has 1 saturated carbocycles. The van der Waals surface area contributed by atoms with E-state index in [1.165, 1.54) is 12.8 Å². The van der Waals surface area contributed by atoms with Crippen LogP contribution in [0.2, 0.25) is 10.0 Å². The average Bonchev–Trinajstić information content (AvgIpc) is 3.32. The Labute approximate surface area is 147 Å².